The Balaban J connectivity index is 2.28. The van der Waals surface area contributed by atoms with Crippen LogP contribution in [0, 0.1) is 5.92 Å². The summed E-state index contributed by atoms with van der Waals surface area (Å²) >= 11 is 0. The predicted molar refractivity (Wildman–Crippen MR) is 103 cm³/mol. The van der Waals surface area contributed by atoms with E-state index in [-0.39, 0.29) is 35.0 Å². The van der Waals surface area contributed by atoms with Gasteiger partial charge in [-0.05, 0) is 18.1 Å². The van der Waals surface area contributed by atoms with Gasteiger partial charge >= 0.3 is 6.01 Å². The first-order valence-corrected chi connectivity index (χ1v) is 8.77. The van der Waals surface area contributed by atoms with Crippen molar-refractivity contribution in [2.75, 3.05) is 21.3 Å². The van der Waals surface area contributed by atoms with Crippen LogP contribution in [0.1, 0.15) is 24.2 Å². The van der Waals surface area contributed by atoms with E-state index in [0.29, 0.717) is 0 Å². The molecule has 0 unspecified atom stereocenters. The summed E-state index contributed by atoms with van der Waals surface area (Å²) in [5.74, 6) is -0.451. The van der Waals surface area contributed by atoms with Crippen molar-refractivity contribution >= 4 is 11.8 Å². The van der Waals surface area contributed by atoms with Crippen LogP contribution in [0.4, 0.5) is 0 Å². The zero-order valence-electron chi connectivity index (χ0n) is 16.9. The van der Waals surface area contributed by atoms with Crippen LogP contribution in [0.25, 0.3) is 0 Å². The molecule has 0 spiro atoms. The van der Waals surface area contributed by atoms with Crippen LogP contribution in [0.3, 0.4) is 0 Å². The van der Waals surface area contributed by atoms with E-state index in [1.54, 1.807) is 38.1 Å². The summed E-state index contributed by atoms with van der Waals surface area (Å²) in [5, 5.41) is 2.69. The minimum atomic E-state index is -0.802. The summed E-state index contributed by atoms with van der Waals surface area (Å²) in [6, 6.07) is 7.16. The summed E-state index contributed by atoms with van der Waals surface area (Å²) < 4.78 is 15.9. The average Bonchev–Trinajstić information content (AvgIpc) is 2.71. The molecule has 1 heterocycles. The van der Waals surface area contributed by atoms with Gasteiger partial charge in [0, 0.05) is 0 Å². The van der Waals surface area contributed by atoms with Gasteiger partial charge in [-0.25, -0.2) is 5.48 Å². The highest BCUT2D eigenvalue weighted by Crippen LogP contribution is 2.26. The number of carbonyl (C=O) groups excluding carboxylic acids is 2. The molecule has 0 saturated carbocycles. The summed E-state index contributed by atoms with van der Waals surface area (Å²) in [4.78, 5) is 37.8. The molecule has 0 aliphatic carbocycles. The maximum absolute atomic E-state index is 12.8. The van der Waals surface area contributed by atoms with Crippen molar-refractivity contribution in [3.8, 4) is 23.5 Å². The van der Waals surface area contributed by atoms with E-state index in [1.165, 1.54) is 27.4 Å². The average molecular weight is 404 g/mol. The number of hydroxylamine groups is 1. The summed E-state index contributed by atoms with van der Waals surface area (Å²) in [6.07, 6.45) is 0. The van der Waals surface area contributed by atoms with E-state index in [4.69, 9.17) is 14.2 Å². The number of amides is 2. The number of aromatic nitrogens is 2. The zero-order valence-corrected chi connectivity index (χ0v) is 16.9. The molecule has 0 fully saturated rings. The first kappa shape index (κ1) is 21.9. The van der Waals surface area contributed by atoms with Crippen LogP contribution >= 0.6 is 0 Å². The maximum Gasteiger partial charge on any atom is 0.328 e. The zero-order chi connectivity index (χ0) is 21.4. The molecule has 2 rings (SSSR count). The van der Waals surface area contributed by atoms with Crippen molar-refractivity contribution in [3.63, 3.8) is 0 Å². The first-order chi connectivity index (χ1) is 13.9. The van der Waals surface area contributed by atoms with Crippen molar-refractivity contribution in [2.24, 2.45) is 5.92 Å². The number of hydrogen-bond acceptors (Lipinski definition) is 8. The van der Waals surface area contributed by atoms with Crippen LogP contribution < -0.4 is 25.0 Å². The Labute approximate surface area is 168 Å². The molecule has 0 bridgehead atoms. The second-order valence-corrected chi connectivity index (χ2v) is 6.20. The fourth-order valence-electron chi connectivity index (χ4n) is 2.40. The Kier molecular flexibility index (Phi) is 7.72. The van der Waals surface area contributed by atoms with E-state index in [9.17, 15) is 9.59 Å². The minimum Gasteiger partial charge on any atom is -0.481 e. The van der Waals surface area contributed by atoms with Gasteiger partial charge in [0.2, 0.25) is 11.8 Å². The predicted octanol–water partition coefficient (Wildman–Crippen LogP) is 1.72. The van der Waals surface area contributed by atoms with Gasteiger partial charge in [0.25, 0.3) is 11.8 Å². The second kappa shape index (κ2) is 10.2. The van der Waals surface area contributed by atoms with Gasteiger partial charge < -0.3 is 19.5 Å². The molecule has 29 heavy (non-hydrogen) atoms. The van der Waals surface area contributed by atoms with Crippen LogP contribution in [-0.2, 0) is 9.63 Å². The first-order valence-electron chi connectivity index (χ1n) is 8.77. The third-order valence-electron chi connectivity index (χ3n) is 3.85. The van der Waals surface area contributed by atoms with E-state index in [2.05, 4.69) is 25.6 Å². The lowest BCUT2D eigenvalue weighted by atomic mass is 10.0. The number of nitrogens with zero attached hydrogens (tertiary/aromatic N) is 2. The molecule has 1 aromatic heterocycles. The lowest BCUT2D eigenvalue weighted by molar-refractivity contribution is -0.134. The van der Waals surface area contributed by atoms with Gasteiger partial charge in [-0.2, -0.15) is 9.97 Å². The van der Waals surface area contributed by atoms with E-state index in [0.717, 1.165) is 0 Å². The number of benzene rings is 1. The number of nitrogens with one attached hydrogen (secondary N) is 2. The van der Waals surface area contributed by atoms with Gasteiger partial charge in [-0.15, -0.1) is 0 Å². The molecule has 0 aliphatic heterocycles. The normalized spacial score (nSPS) is 11.5. The van der Waals surface area contributed by atoms with E-state index in [1.807, 2.05) is 0 Å². The number of carbonyl (C=O) groups is 2. The molecule has 1 atom stereocenters. The second-order valence-electron chi connectivity index (χ2n) is 6.20. The molecule has 2 aromatic rings. The third-order valence-corrected chi connectivity index (χ3v) is 3.85. The standard InChI is InChI=1S/C19H24N4O6/c1-11(2)16(18(25)23-28-5)22-17(24)12-8-6-7-9-13(12)29-19-20-14(26-3)10-15(21-19)27-4/h6-11,16H,1-5H3,(H,22,24)(H,23,25)/t16-/m0/s1. The lowest BCUT2D eigenvalue weighted by Crippen LogP contribution is -2.49. The van der Waals surface area contributed by atoms with Crippen molar-refractivity contribution in [2.45, 2.75) is 19.9 Å². The number of rotatable bonds is 9. The van der Waals surface area contributed by atoms with E-state index >= 15 is 0 Å². The highest BCUT2D eigenvalue weighted by Gasteiger charge is 2.26. The Morgan fingerprint density at radius 2 is 1.62 bits per heavy atom. The van der Waals surface area contributed by atoms with Crippen LogP contribution in [0.5, 0.6) is 23.5 Å². The molecule has 0 saturated heterocycles. The Bertz CT molecular complexity index is 836. The summed E-state index contributed by atoms with van der Waals surface area (Å²) in [5.41, 5.74) is 2.43. The van der Waals surface area contributed by atoms with Crippen LogP contribution in [0.2, 0.25) is 0 Å². The fraction of sp³-hybridized carbons (Fsp3) is 0.368. The van der Waals surface area contributed by atoms with Crippen LogP contribution in [-0.4, -0.2) is 49.2 Å². The Morgan fingerprint density at radius 1 is 1.00 bits per heavy atom. The topological polar surface area (TPSA) is 121 Å². The van der Waals surface area contributed by atoms with Crippen LogP contribution in [0.15, 0.2) is 30.3 Å². The largest absolute Gasteiger partial charge is 0.481 e. The number of ether oxygens (including phenoxy) is 3. The molecule has 0 radical (unpaired) electrons. The van der Waals surface area contributed by atoms with Crippen molar-refractivity contribution < 1.29 is 28.6 Å². The fourth-order valence-corrected chi connectivity index (χ4v) is 2.40. The quantitative estimate of drug-likeness (QED) is 0.606. The number of hydrogen-bond donors (Lipinski definition) is 2. The maximum atomic E-state index is 12.8. The molecule has 1 aromatic carbocycles. The van der Waals surface area contributed by atoms with Gasteiger partial charge in [0.05, 0.1) is 33.0 Å². The molecule has 2 amide bonds. The smallest absolute Gasteiger partial charge is 0.328 e. The van der Waals surface area contributed by atoms with E-state index < -0.39 is 17.9 Å². The number of para-hydroxylation sites is 1. The monoisotopic (exact) mass is 404 g/mol. The van der Waals surface area contributed by atoms with Crippen molar-refractivity contribution in [1.29, 1.82) is 0 Å². The molecule has 10 heteroatoms. The SMILES string of the molecule is CONC(=O)[C@@H](NC(=O)c1ccccc1Oc1nc(OC)cc(OC)n1)C(C)C. The molecule has 10 nitrogen and oxygen atoms in total. The number of methoxy groups -OCH3 is 2. The molecular formula is C19H24N4O6. The highest BCUT2D eigenvalue weighted by molar-refractivity contribution is 5.99. The van der Waals surface area contributed by atoms with Gasteiger partial charge in [0.15, 0.2) is 0 Å². The molecule has 0 aliphatic rings. The third kappa shape index (κ3) is 5.79. The van der Waals surface area contributed by atoms with Crippen molar-refractivity contribution in [1.82, 2.24) is 20.8 Å². The highest BCUT2D eigenvalue weighted by atomic mass is 16.6. The molecule has 156 valence electrons. The van der Waals surface area contributed by atoms with Gasteiger partial charge in [-0.3, -0.25) is 14.4 Å². The Hall–Kier alpha value is -3.40. The van der Waals surface area contributed by atoms with Gasteiger partial charge in [0.1, 0.15) is 11.8 Å². The Morgan fingerprint density at radius 3 is 2.17 bits per heavy atom. The van der Waals surface area contributed by atoms with Crippen molar-refractivity contribution in [3.05, 3.63) is 35.9 Å². The molecule has 2 N–H and O–H groups in total. The summed E-state index contributed by atoms with van der Waals surface area (Å²) in [6.45, 7) is 3.61. The lowest BCUT2D eigenvalue weighted by Gasteiger charge is -2.21. The summed E-state index contributed by atoms with van der Waals surface area (Å²) in [7, 11) is 4.22. The minimum absolute atomic E-state index is 0.0565. The molecular weight excluding hydrogens is 380 g/mol. The van der Waals surface area contributed by atoms with Gasteiger partial charge in [-0.1, -0.05) is 26.0 Å².